The standard InChI is InChI=1S/C29H38N2O6/c1-35-23-12-9-21(10-13-23)25(32)7-3-2-4-8-28(33)30-24(20-31-15-5-6-16-31)29(34)22-11-14-26-27(19-22)37-18-17-36-26/h9-14,19,24,29,34H,2-8,15-18,20H2,1H3,(H,30,33)/t24-,29?/m1/s1. The second kappa shape index (κ2) is 13.4. The maximum atomic E-state index is 12.8. The number of aliphatic hydroxyl groups excluding tert-OH is 1. The lowest BCUT2D eigenvalue weighted by Crippen LogP contribution is -2.46. The molecular weight excluding hydrogens is 472 g/mol. The van der Waals surface area contributed by atoms with E-state index < -0.39 is 12.1 Å². The van der Waals surface area contributed by atoms with Gasteiger partial charge in [0.2, 0.25) is 5.91 Å². The molecule has 2 aliphatic rings. The minimum absolute atomic E-state index is 0.0812. The zero-order valence-corrected chi connectivity index (χ0v) is 21.6. The van der Waals surface area contributed by atoms with Crippen molar-refractivity contribution in [2.24, 2.45) is 0 Å². The van der Waals surface area contributed by atoms with Crippen molar-refractivity contribution in [3.8, 4) is 17.2 Å². The summed E-state index contributed by atoms with van der Waals surface area (Å²) < 4.78 is 16.4. The number of fused-ring (bicyclic) bond motifs is 1. The summed E-state index contributed by atoms with van der Waals surface area (Å²) in [5.41, 5.74) is 1.38. The number of aliphatic hydroxyl groups is 1. The van der Waals surface area contributed by atoms with E-state index in [0.717, 1.165) is 44.5 Å². The number of ketones is 1. The molecular formula is C29H38N2O6. The number of carbonyl (C=O) groups is 2. The number of hydrogen-bond donors (Lipinski definition) is 2. The van der Waals surface area contributed by atoms with Gasteiger partial charge in [0.1, 0.15) is 25.1 Å². The fourth-order valence-corrected chi connectivity index (χ4v) is 4.89. The van der Waals surface area contributed by atoms with E-state index in [4.69, 9.17) is 14.2 Å². The second-order valence-electron chi connectivity index (χ2n) is 9.74. The Morgan fingerprint density at radius 1 is 0.973 bits per heavy atom. The molecule has 1 amide bonds. The molecule has 2 N–H and O–H groups in total. The maximum Gasteiger partial charge on any atom is 0.220 e. The lowest BCUT2D eigenvalue weighted by atomic mass is 10.00. The number of methoxy groups -OCH3 is 1. The lowest BCUT2D eigenvalue weighted by molar-refractivity contribution is -0.123. The molecule has 8 nitrogen and oxygen atoms in total. The van der Waals surface area contributed by atoms with Gasteiger partial charge in [-0.25, -0.2) is 0 Å². The molecule has 0 radical (unpaired) electrons. The van der Waals surface area contributed by atoms with Crippen LogP contribution in [-0.2, 0) is 4.79 Å². The minimum atomic E-state index is -0.859. The molecule has 0 aliphatic carbocycles. The van der Waals surface area contributed by atoms with E-state index in [0.29, 0.717) is 61.6 Å². The van der Waals surface area contributed by atoms with E-state index in [2.05, 4.69) is 10.2 Å². The molecule has 8 heteroatoms. The molecule has 0 saturated carbocycles. The third-order valence-corrected chi connectivity index (χ3v) is 7.01. The zero-order valence-electron chi connectivity index (χ0n) is 21.6. The van der Waals surface area contributed by atoms with Crippen molar-refractivity contribution in [1.29, 1.82) is 0 Å². The van der Waals surface area contributed by atoms with E-state index in [9.17, 15) is 14.7 Å². The summed E-state index contributed by atoms with van der Waals surface area (Å²) in [4.78, 5) is 27.5. The highest BCUT2D eigenvalue weighted by Gasteiger charge is 2.27. The van der Waals surface area contributed by atoms with Crippen molar-refractivity contribution < 1.29 is 28.9 Å². The van der Waals surface area contributed by atoms with Crippen LogP contribution >= 0.6 is 0 Å². The molecule has 0 aromatic heterocycles. The van der Waals surface area contributed by atoms with Gasteiger partial charge in [0.25, 0.3) is 0 Å². The van der Waals surface area contributed by atoms with Gasteiger partial charge in [-0.1, -0.05) is 12.5 Å². The van der Waals surface area contributed by atoms with Crippen molar-refractivity contribution in [3.05, 3.63) is 53.6 Å². The Kier molecular flexibility index (Phi) is 9.79. The number of unbranched alkanes of at least 4 members (excludes halogenated alkanes) is 2. The van der Waals surface area contributed by atoms with Crippen molar-refractivity contribution in [1.82, 2.24) is 10.2 Å². The van der Waals surface area contributed by atoms with Crippen LogP contribution in [0.25, 0.3) is 0 Å². The van der Waals surface area contributed by atoms with Crippen molar-refractivity contribution in [3.63, 3.8) is 0 Å². The number of benzene rings is 2. The largest absolute Gasteiger partial charge is 0.497 e. The Bertz CT molecular complexity index is 1040. The maximum absolute atomic E-state index is 12.8. The first-order chi connectivity index (χ1) is 18.0. The number of nitrogens with zero attached hydrogens (tertiary/aromatic N) is 1. The molecule has 0 bridgehead atoms. The van der Waals surface area contributed by atoms with Gasteiger partial charge in [-0.2, -0.15) is 0 Å². The number of likely N-dealkylation sites (tertiary alicyclic amines) is 1. The Labute approximate surface area is 218 Å². The number of nitrogens with one attached hydrogen (secondary N) is 1. The van der Waals surface area contributed by atoms with Gasteiger partial charge in [0, 0.05) is 24.9 Å². The lowest BCUT2D eigenvalue weighted by Gasteiger charge is -2.29. The predicted molar refractivity (Wildman–Crippen MR) is 140 cm³/mol. The number of Topliss-reactive ketones (excluding diaryl/α,β-unsaturated/α-hetero) is 1. The molecule has 2 heterocycles. The molecule has 0 spiro atoms. The average Bonchev–Trinajstić information content (AvgIpc) is 3.45. The average molecular weight is 511 g/mol. The highest BCUT2D eigenvalue weighted by molar-refractivity contribution is 5.96. The SMILES string of the molecule is COc1ccc(C(=O)CCCCCC(=O)N[C@H](CN2CCCC2)C(O)c2ccc3c(c2)OCCO3)cc1. The molecule has 1 fully saturated rings. The van der Waals surface area contributed by atoms with Crippen LogP contribution in [0.5, 0.6) is 17.2 Å². The van der Waals surface area contributed by atoms with Crippen molar-refractivity contribution in [2.75, 3.05) is 40.0 Å². The molecule has 2 aromatic carbocycles. The van der Waals surface area contributed by atoms with Gasteiger partial charge >= 0.3 is 0 Å². The predicted octanol–water partition coefficient (Wildman–Crippen LogP) is 3.91. The van der Waals surface area contributed by atoms with Crippen molar-refractivity contribution >= 4 is 11.7 Å². The summed E-state index contributed by atoms with van der Waals surface area (Å²) >= 11 is 0. The molecule has 200 valence electrons. The molecule has 2 atom stereocenters. The van der Waals surface area contributed by atoms with Crippen LogP contribution in [0.4, 0.5) is 0 Å². The van der Waals surface area contributed by atoms with Crippen LogP contribution in [-0.4, -0.2) is 67.7 Å². The summed E-state index contributed by atoms with van der Waals surface area (Å²) in [6, 6.07) is 12.2. The summed E-state index contributed by atoms with van der Waals surface area (Å²) in [6.45, 7) is 3.53. The Morgan fingerprint density at radius 3 is 2.41 bits per heavy atom. The molecule has 1 saturated heterocycles. The van der Waals surface area contributed by atoms with Gasteiger partial charge in [0.15, 0.2) is 17.3 Å². The number of amides is 1. The number of carbonyl (C=O) groups excluding carboxylic acids is 2. The summed E-state index contributed by atoms with van der Waals surface area (Å²) in [6.07, 6.45) is 4.44. The summed E-state index contributed by atoms with van der Waals surface area (Å²) in [5, 5.41) is 14.3. The third kappa shape index (κ3) is 7.69. The topological polar surface area (TPSA) is 97.3 Å². The third-order valence-electron chi connectivity index (χ3n) is 7.01. The quantitative estimate of drug-likeness (QED) is 0.311. The first-order valence-electron chi connectivity index (χ1n) is 13.3. The monoisotopic (exact) mass is 510 g/mol. The van der Waals surface area contributed by atoms with E-state index in [1.807, 2.05) is 18.2 Å². The van der Waals surface area contributed by atoms with Crippen LogP contribution in [0.1, 0.15) is 67.0 Å². The highest BCUT2D eigenvalue weighted by Crippen LogP contribution is 2.33. The van der Waals surface area contributed by atoms with E-state index in [-0.39, 0.29) is 11.7 Å². The summed E-state index contributed by atoms with van der Waals surface area (Å²) in [5.74, 6) is 2.04. The fraction of sp³-hybridized carbons (Fsp3) is 0.517. The number of rotatable bonds is 13. The second-order valence-corrected chi connectivity index (χ2v) is 9.74. The van der Waals surface area contributed by atoms with E-state index in [1.165, 1.54) is 0 Å². The molecule has 1 unspecified atom stereocenters. The highest BCUT2D eigenvalue weighted by atomic mass is 16.6. The van der Waals surface area contributed by atoms with Gasteiger partial charge in [-0.05, 0) is 80.7 Å². The first-order valence-corrected chi connectivity index (χ1v) is 13.3. The molecule has 2 aromatic rings. The Balaban J connectivity index is 1.26. The normalized spacial score (nSPS) is 16.7. The van der Waals surface area contributed by atoms with Crippen LogP contribution in [0.2, 0.25) is 0 Å². The van der Waals surface area contributed by atoms with Gasteiger partial charge < -0.3 is 29.5 Å². The van der Waals surface area contributed by atoms with Gasteiger partial charge in [0.05, 0.1) is 13.2 Å². The Hall–Kier alpha value is -3.10. The van der Waals surface area contributed by atoms with Crippen LogP contribution in [0.15, 0.2) is 42.5 Å². The fourth-order valence-electron chi connectivity index (χ4n) is 4.89. The van der Waals surface area contributed by atoms with Crippen molar-refractivity contribution in [2.45, 2.75) is 57.1 Å². The first kappa shape index (κ1) is 26.9. The van der Waals surface area contributed by atoms with Crippen LogP contribution in [0.3, 0.4) is 0 Å². The smallest absolute Gasteiger partial charge is 0.220 e. The molecule has 2 aliphatic heterocycles. The number of ether oxygens (including phenoxy) is 3. The van der Waals surface area contributed by atoms with Crippen LogP contribution < -0.4 is 19.5 Å². The van der Waals surface area contributed by atoms with Crippen LogP contribution in [0, 0.1) is 0 Å². The van der Waals surface area contributed by atoms with Gasteiger partial charge in [-0.15, -0.1) is 0 Å². The minimum Gasteiger partial charge on any atom is -0.497 e. The molecule has 37 heavy (non-hydrogen) atoms. The summed E-state index contributed by atoms with van der Waals surface area (Å²) in [7, 11) is 1.60. The van der Waals surface area contributed by atoms with Gasteiger partial charge in [-0.3, -0.25) is 9.59 Å². The van der Waals surface area contributed by atoms with E-state index >= 15 is 0 Å². The Morgan fingerprint density at radius 2 is 1.68 bits per heavy atom. The van der Waals surface area contributed by atoms with E-state index in [1.54, 1.807) is 31.4 Å². The molecule has 4 rings (SSSR count). The number of hydrogen-bond acceptors (Lipinski definition) is 7. The zero-order chi connectivity index (χ0) is 26.0.